The first-order chi connectivity index (χ1) is 14.7. The fraction of sp³-hybridized carbons (Fsp3) is 0.455. The number of nitrogens with zero attached hydrogens (tertiary/aromatic N) is 1. The molecule has 2 heterocycles. The number of aryl methyl sites for hydroxylation is 2. The third-order valence-corrected chi connectivity index (χ3v) is 8.64. The van der Waals surface area contributed by atoms with Crippen molar-refractivity contribution in [2.45, 2.75) is 51.9 Å². The number of hydrogen-bond acceptors (Lipinski definition) is 6. The maximum Gasteiger partial charge on any atom is 0.341 e. The molecule has 3 rings (SSSR count). The Bertz CT molecular complexity index is 1100. The van der Waals surface area contributed by atoms with E-state index in [1.165, 1.54) is 21.7 Å². The maximum atomic E-state index is 13.1. The minimum Gasteiger partial charge on any atom is -0.462 e. The summed E-state index contributed by atoms with van der Waals surface area (Å²) in [6, 6.07) is 4.66. The van der Waals surface area contributed by atoms with Crippen LogP contribution < -0.4 is 5.32 Å². The third-order valence-electron chi connectivity index (χ3n) is 5.48. The zero-order chi connectivity index (χ0) is 22.8. The fourth-order valence-electron chi connectivity index (χ4n) is 3.60. The van der Waals surface area contributed by atoms with E-state index < -0.39 is 21.9 Å². The number of hydrogen-bond donors (Lipinski definition) is 1. The van der Waals surface area contributed by atoms with E-state index in [1.807, 2.05) is 13.8 Å². The van der Waals surface area contributed by atoms with Crippen molar-refractivity contribution in [2.75, 3.05) is 25.0 Å². The number of carbonyl (C=O) groups excluding carboxylic acids is 2. The second-order valence-corrected chi connectivity index (χ2v) is 10.7. The van der Waals surface area contributed by atoms with Gasteiger partial charge in [0, 0.05) is 23.5 Å². The molecule has 1 aromatic heterocycles. The van der Waals surface area contributed by atoms with Gasteiger partial charge in [-0.3, -0.25) is 4.79 Å². The summed E-state index contributed by atoms with van der Waals surface area (Å²) < 4.78 is 32.9. The first-order valence-corrected chi connectivity index (χ1v) is 12.6. The number of anilines is 1. The molecule has 0 unspecified atom stereocenters. The van der Waals surface area contributed by atoms with Crippen molar-refractivity contribution in [3.63, 3.8) is 0 Å². The molecule has 0 spiro atoms. The second-order valence-electron chi connectivity index (χ2n) is 7.61. The molecule has 168 valence electrons. The number of esters is 1. The number of ether oxygens (including phenoxy) is 1. The van der Waals surface area contributed by atoms with Crippen LogP contribution in [0.25, 0.3) is 0 Å². The predicted molar refractivity (Wildman–Crippen MR) is 121 cm³/mol. The fourth-order valence-corrected chi connectivity index (χ4v) is 6.41. The number of rotatable bonds is 6. The Morgan fingerprint density at radius 1 is 1.13 bits per heavy atom. The lowest BCUT2D eigenvalue weighted by Crippen LogP contribution is -2.36. The summed E-state index contributed by atoms with van der Waals surface area (Å²) in [7, 11) is -3.67. The lowest BCUT2D eigenvalue weighted by Gasteiger charge is -2.26. The summed E-state index contributed by atoms with van der Waals surface area (Å²) in [5.41, 5.74) is 1.92. The lowest BCUT2D eigenvalue weighted by molar-refractivity contribution is 0.0527. The molecule has 0 radical (unpaired) electrons. The zero-order valence-corrected chi connectivity index (χ0v) is 19.9. The van der Waals surface area contributed by atoms with Gasteiger partial charge in [0.15, 0.2) is 0 Å². The van der Waals surface area contributed by atoms with Gasteiger partial charge in [0.2, 0.25) is 10.0 Å². The van der Waals surface area contributed by atoms with Crippen molar-refractivity contribution >= 4 is 38.2 Å². The Hall–Kier alpha value is -2.23. The number of benzene rings is 1. The minimum atomic E-state index is -3.67. The molecule has 1 aromatic carbocycles. The van der Waals surface area contributed by atoms with Gasteiger partial charge in [-0.1, -0.05) is 12.5 Å². The van der Waals surface area contributed by atoms with Gasteiger partial charge in [-0.05, 0) is 63.8 Å². The van der Waals surface area contributed by atoms with Gasteiger partial charge in [0.25, 0.3) is 5.91 Å². The Balaban J connectivity index is 1.91. The lowest BCUT2D eigenvalue weighted by atomic mass is 10.1. The van der Waals surface area contributed by atoms with E-state index in [-0.39, 0.29) is 17.1 Å². The Morgan fingerprint density at radius 2 is 1.81 bits per heavy atom. The van der Waals surface area contributed by atoms with Crippen LogP contribution in [0.4, 0.5) is 5.00 Å². The van der Waals surface area contributed by atoms with Crippen LogP contribution in [-0.2, 0) is 14.8 Å². The molecule has 1 amide bonds. The number of piperidine rings is 1. The van der Waals surface area contributed by atoms with E-state index in [9.17, 15) is 18.0 Å². The number of nitrogens with one attached hydrogen (secondary N) is 1. The van der Waals surface area contributed by atoms with Crippen molar-refractivity contribution < 1.29 is 22.7 Å². The second kappa shape index (κ2) is 9.50. The normalized spacial score (nSPS) is 15.0. The standard InChI is InChI=1S/C22H28N2O5S2/c1-5-29-22(26)19-15(3)16(4)30-21(19)23-20(25)17-10-9-14(2)18(13-17)31(27,28)24-11-7-6-8-12-24/h9-10,13H,5-8,11-12H2,1-4H3,(H,23,25). The van der Waals surface area contributed by atoms with Gasteiger partial charge in [0.05, 0.1) is 17.1 Å². The van der Waals surface area contributed by atoms with Crippen LogP contribution in [-0.4, -0.2) is 44.3 Å². The van der Waals surface area contributed by atoms with Crippen molar-refractivity contribution in [3.8, 4) is 0 Å². The van der Waals surface area contributed by atoms with Gasteiger partial charge < -0.3 is 10.1 Å². The summed E-state index contributed by atoms with van der Waals surface area (Å²) in [6.45, 7) is 8.35. The van der Waals surface area contributed by atoms with Gasteiger partial charge in [-0.2, -0.15) is 4.31 Å². The van der Waals surface area contributed by atoms with Crippen LogP contribution in [0.2, 0.25) is 0 Å². The highest BCUT2D eigenvalue weighted by Crippen LogP contribution is 2.33. The number of amides is 1. The monoisotopic (exact) mass is 464 g/mol. The SMILES string of the molecule is CCOC(=O)c1c(NC(=O)c2ccc(C)c(S(=O)(=O)N3CCCCC3)c2)sc(C)c1C. The smallest absolute Gasteiger partial charge is 0.341 e. The van der Waals surface area contributed by atoms with Gasteiger partial charge in [-0.15, -0.1) is 11.3 Å². The number of carbonyl (C=O) groups is 2. The molecular weight excluding hydrogens is 436 g/mol. The summed E-state index contributed by atoms with van der Waals surface area (Å²) in [5, 5.41) is 3.18. The molecule has 2 aromatic rings. The molecular formula is C22H28N2O5S2. The van der Waals surface area contributed by atoms with Crippen LogP contribution in [0.3, 0.4) is 0 Å². The van der Waals surface area contributed by atoms with E-state index in [1.54, 1.807) is 26.0 Å². The molecule has 0 saturated carbocycles. The Morgan fingerprint density at radius 3 is 2.45 bits per heavy atom. The van der Waals surface area contributed by atoms with Gasteiger partial charge >= 0.3 is 5.97 Å². The van der Waals surface area contributed by atoms with Crippen LogP contribution in [0, 0.1) is 20.8 Å². The molecule has 31 heavy (non-hydrogen) atoms. The molecule has 1 aliphatic rings. The molecule has 1 aliphatic heterocycles. The van der Waals surface area contributed by atoms with Crippen molar-refractivity contribution in [1.29, 1.82) is 0 Å². The van der Waals surface area contributed by atoms with E-state index in [0.717, 1.165) is 29.7 Å². The van der Waals surface area contributed by atoms with Crippen molar-refractivity contribution in [2.24, 2.45) is 0 Å². The van der Waals surface area contributed by atoms with Crippen LogP contribution in [0.1, 0.15) is 62.9 Å². The zero-order valence-electron chi connectivity index (χ0n) is 18.3. The van der Waals surface area contributed by atoms with Crippen molar-refractivity contribution in [1.82, 2.24) is 4.31 Å². The van der Waals surface area contributed by atoms with E-state index >= 15 is 0 Å². The molecule has 1 fully saturated rings. The highest BCUT2D eigenvalue weighted by Gasteiger charge is 2.28. The summed E-state index contributed by atoms with van der Waals surface area (Å²) in [6.07, 6.45) is 2.70. The highest BCUT2D eigenvalue weighted by atomic mass is 32.2. The van der Waals surface area contributed by atoms with E-state index in [0.29, 0.717) is 29.2 Å². The quantitative estimate of drug-likeness (QED) is 0.644. The van der Waals surface area contributed by atoms with Crippen LogP contribution >= 0.6 is 11.3 Å². The van der Waals surface area contributed by atoms with E-state index in [2.05, 4.69) is 5.32 Å². The Labute approximate surface area is 187 Å². The van der Waals surface area contributed by atoms with Crippen LogP contribution in [0.15, 0.2) is 23.1 Å². The average Bonchev–Trinajstić information content (AvgIpc) is 3.02. The summed E-state index contributed by atoms with van der Waals surface area (Å²) in [5.74, 6) is -0.959. The molecule has 7 nitrogen and oxygen atoms in total. The Kier molecular flexibility index (Phi) is 7.18. The molecule has 1 N–H and O–H groups in total. The average molecular weight is 465 g/mol. The first-order valence-electron chi connectivity index (χ1n) is 10.4. The summed E-state index contributed by atoms with van der Waals surface area (Å²) in [4.78, 5) is 26.4. The predicted octanol–water partition coefficient (Wildman–Crippen LogP) is 4.28. The summed E-state index contributed by atoms with van der Waals surface area (Å²) >= 11 is 1.29. The van der Waals surface area contributed by atoms with Gasteiger partial charge in [0.1, 0.15) is 5.00 Å². The highest BCUT2D eigenvalue weighted by molar-refractivity contribution is 7.89. The molecule has 0 atom stereocenters. The maximum absolute atomic E-state index is 13.1. The molecule has 0 bridgehead atoms. The van der Waals surface area contributed by atoms with Crippen LogP contribution in [0.5, 0.6) is 0 Å². The molecule has 1 saturated heterocycles. The van der Waals surface area contributed by atoms with Crippen molar-refractivity contribution in [3.05, 3.63) is 45.3 Å². The topological polar surface area (TPSA) is 92.8 Å². The third kappa shape index (κ3) is 4.83. The minimum absolute atomic E-state index is 0.145. The van der Waals surface area contributed by atoms with Gasteiger partial charge in [-0.25, -0.2) is 13.2 Å². The number of sulfonamides is 1. The molecule has 9 heteroatoms. The molecule has 0 aliphatic carbocycles. The first kappa shape index (κ1) is 23.4. The number of thiophene rings is 1. The largest absolute Gasteiger partial charge is 0.462 e. The van der Waals surface area contributed by atoms with E-state index in [4.69, 9.17) is 4.74 Å².